The second-order valence-corrected chi connectivity index (χ2v) is 5.16. The lowest BCUT2D eigenvalue weighted by atomic mass is 10.00. The standard InChI is InChI=1S/C15H16Cl2N2/c1-2-19-15(8-11-4-3-7-18-10-11)12-5-6-13(16)14(17)9-12/h3-7,9-10,15,19H,2,8H2,1H3. The number of hydrogen-bond donors (Lipinski definition) is 1. The van der Waals surface area contributed by atoms with E-state index in [9.17, 15) is 0 Å². The van der Waals surface area contributed by atoms with Crippen LogP contribution in [0.1, 0.15) is 24.1 Å². The van der Waals surface area contributed by atoms with E-state index in [-0.39, 0.29) is 6.04 Å². The third-order valence-corrected chi connectivity index (χ3v) is 3.70. The van der Waals surface area contributed by atoms with E-state index in [1.807, 2.05) is 30.5 Å². The SMILES string of the molecule is CCNC(Cc1cccnc1)c1ccc(Cl)c(Cl)c1. The van der Waals surface area contributed by atoms with E-state index in [4.69, 9.17) is 23.2 Å². The fourth-order valence-electron chi connectivity index (χ4n) is 2.04. The lowest BCUT2D eigenvalue weighted by molar-refractivity contribution is 0.549. The molecule has 0 bridgehead atoms. The number of halogens is 2. The molecule has 1 unspecified atom stereocenters. The molecular formula is C15H16Cl2N2. The van der Waals surface area contributed by atoms with Gasteiger partial charge in [0, 0.05) is 18.4 Å². The summed E-state index contributed by atoms with van der Waals surface area (Å²) in [5, 5.41) is 4.64. The third kappa shape index (κ3) is 3.93. The Balaban J connectivity index is 2.21. The van der Waals surface area contributed by atoms with Crippen molar-refractivity contribution in [2.45, 2.75) is 19.4 Å². The molecule has 19 heavy (non-hydrogen) atoms. The van der Waals surface area contributed by atoms with Crippen LogP contribution in [0.5, 0.6) is 0 Å². The van der Waals surface area contributed by atoms with Gasteiger partial charge in [0.25, 0.3) is 0 Å². The molecule has 0 saturated heterocycles. The average molecular weight is 295 g/mol. The quantitative estimate of drug-likeness (QED) is 0.890. The van der Waals surface area contributed by atoms with Crippen molar-refractivity contribution < 1.29 is 0 Å². The van der Waals surface area contributed by atoms with Crippen LogP contribution in [0.2, 0.25) is 10.0 Å². The summed E-state index contributed by atoms with van der Waals surface area (Å²) < 4.78 is 0. The number of rotatable bonds is 5. The van der Waals surface area contributed by atoms with E-state index in [2.05, 4.69) is 23.3 Å². The Hall–Kier alpha value is -1.09. The molecular weight excluding hydrogens is 279 g/mol. The lowest BCUT2D eigenvalue weighted by Gasteiger charge is -2.19. The van der Waals surface area contributed by atoms with E-state index >= 15 is 0 Å². The van der Waals surface area contributed by atoms with Crippen molar-refractivity contribution >= 4 is 23.2 Å². The number of nitrogens with zero attached hydrogens (tertiary/aromatic N) is 1. The van der Waals surface area contributed by atoms with Gasteiger partial charge in [-0.3, -0.25) is 4.98 Å². The van der Waals surface area contributed by atoms with Crippen LogP contribution in [-0.4, -0.2) is 11.5 Å². The molecule has 0 spiro atoms. The zero-order valence-electron chi connectivity index (χ0n) is 10.7. The van der Waals surface area contributed by atoms with Crippen LogP contribution < -0.4 is 5.32 Å². The predicted octanol–water partition coefficient (Wildman–Crippen LogP) is 4.28. The van der Waals surface area contributed by atoms with Gasteiger partial charge in [-0.25, -0.2) is 0 Å². The molecule has 100 valence electrons. The minimum Gasteiger partial charge on any atom is -0.310 e. The molecule has 1 aromatic carbocycles. The molecule has 0 amide bonds. The van der Waals surface area contributed by atoms with Crippen LogP contribution in [0.3, 0.4) is 0 Å². The van der Waals surface area contributed by atoms with E-state index in [1.165, 1.54) is 5.56 Å². The Bertz CT molecular complexity index is 529. The number of nitrogens with one attached hydrogen (secondary N) is 1. The summed E-state index contributed by atoms with van der Waals surface area (Å²) in [5.41, 5.74) is 2.33. The van der Waals surface area contributed by atoms with Gasteiger partial charge in [-0.1, -0.05) is 42.3 Å². The summed E-state index contributed by atoms with van der Waals surface area (Å²) in [5.74, 6) is 0. The summed E-state index contributed by atoms with van der Waals surface area (Å²) in [6.07, 6.45) is 4.55. The molecule has 0 aliphatic heterocycles. The Kier molecular flexibility index (Phi) is 5.20. The first-order chi connectivity index (χ1) is 9.20. The Morgan fingerprint density at radius 1 is 1.21 bits per heavy atom. The third-order valence-electron chi connectivity index (χ3n) is 2.96. The van der Waals surface area contributed by atoms with Gasteiger partial charge in [0.15, 0.2) is 0 Å². The summed E-state index contributed by atoms with van der Waals surface area (Å²) >= 11 is 12.0. The summed E-state index contributed by atoms with van der Waals surface area (Å²) in [4.78, 5) is 4.15. The maximum Gasteiger partial charge on any atom is 0.0595 e. The first-order valence-corrected chi connectivity index (χ1v) is 7.03. The molecule has 1 heterocycles. The van der Waals surface area contributed by atoms with Gasteiger partial charge in [-0.15, -0.1) is 0 Å². The van der Waals surface area contributed by atoms with Crippen molar-refractivity contribution in [3.63, 3.8) is 0 Å². The summed E-state index contributed by atoms with van der Waals surface area (Å²) in [7, 11) is 0. The van der Waals surface area contributed by atoms with Crippen molar-refractivity contribution in [1.82, 2.24) is 10.3 Å². The fraction of sp³-hybridized carbons (Fsp3) is 0.267. The van der Waals surface area contributed by atoms with Crippen LogP contribution in [0, 0.1) is 0 Å². The van der Waals surface area contributed by atoms with Gasteiger partial charge < -0.3 is 5.32 Å². The maximum absolute atomic E-state index is 6.09. The number of benzene rings is 1. The van der Waals surface area contributed by atoms with Crippen molar-refractivity contribution in [2.24, 2.45) is 0 Å². The molecule has 2 rings (SSSR count). The lowest BCUT2D eigenvalue weighted by Crippen LogP contribution is -2.23. The maximum atomic E-state index is 6.09. The smallest absolute Gasteiger partial charge is 0.0595 e. The Morgan fingerprint density at radius 2 is 2.05 bits per heavy atom. The second kappa shape index (κ2) is 6.90. The predicted molar refractivity (Wildman–Crippen MR) is 80.8 cm³/mol. The highest BCUT2D eigenvalue weighted by molar-refractivity contribution is 6.42. The molecule has 1 aromatic heterocycles. The number of aromatic nitrogens is 1. The van der Waals surface area contributed by atoms with Crippen molar-refractivity contribution in [1.29, 1.82) is 0 Å². The minimum atomic E-state index is 0.212. The van der Waals surface area contributed by atoms with E-state index in [1.54, 1.807) is 6.20 Å². The molecule has 0 saturated carbocycles. The molecule has 2 aromatic rings. The highest BCUT2D eigenvalue weighted by Crippen LogP contribution is 2.27. The molecule has 1 atom stereocenters. The Labute approximate surface area is 123 Å². The molecule has 0 radical (unpaired) electrons. The topological polar surface area (TPSA) is 24.9 Å². The largest absolute Gasteiger partial charge is 0.310 e. The number of hydrogen-bond acceptors (Lipinski definition) is 2. The molecule has 0 aliphatic rings. The summed E-state index contributed by atoms with van der Waals surface area (Å²) in [6, 6.07) is 10.0. The van der Waals surface area contributed by atoms with Gasteiger partial charge in [0.2, 0.25) is 0 Å². The van der Waals surface area contributed by atoms with Gasteiger partial charge >= 0.3 is 0 Å². The van der Waals surface area contributed by atoms with Gasteiger partial charge in [-0.05, 0) is 42.3 Å². The molecule has 0 fully saturated rings. The highest BCUT2D eigenvalue weighted by Gasteiger charge is 2.12. The summed E-state index contributed by atoms with van der Waals surface area (Å²) in [6.45, 7) is 2.99. The van der Waals surface area contributed by atoms with Crippen LogP contribution in [-0.2, 0) is 6.42 Å². The van der Waals surface area contributed by atoms with Gasteiger partial charge in [0.05, 0.1) is 10.0 Å². The molecule has 2 nitrogen and oxygen atoms in total. The number of likely N-dealkylation sites (N-methyl/N-ethyl adjacent to an activating group) is 1. The zero-order valence-corrected chi connectivity index (χ0v) is 12.2. The van der Waals surface area contributed by atoms with Crippen LogP contribution in [0.25, 0.3) is 0 Å². The van der Waals surface area contributed by atoms with E-state index in [0.717, 1.165) is 18.5 Å². The fourth-order valence-corrected chi connectivity index (χ4v) is 2.34. The molecule has 1 N–H and O–H groups in total. The van der Waals surface area contributed by atoms with Crippen LogP contribution >= 0.6 is 23.2 Å². The normalized spacial score (nSPS) is 12.4. The molecule has 0 aliphatic carbocycles. The Morgan fingerprint density at radius 3 is 2.68 bits per heavy atom. The minimum absolute atomic E-state index is 0.212. The van der Waals surface area contributed by atoms with Gasteiger partial charge in [0.1, 0.15) is 0 Å². The van der Waals surface area contributed by atoms with Crippen molar-refractivity contribution in [2.75, 3.05) is 6.54 Å². The van der Waals surface area contributed by atoms with Gasteiger partial charge in [-0.2, -0.15) is 0 Å². The van der Waals surface area contributed by atoms with Crippen LogP contribution in [0.4, 0.5) is 0 Å². The van der Waals surface area contributed by atoms with E-state index in [0.29, 0.717) is 10.0 Å². The second-order valence-electron chi connectivity index (χ2n) is 4.35. The van der Waals surface area contributed by atoms with Crippen LogP contribution in [0.15, 0.2) is 42.7 Å². The molecule has 4 heteroatoms. The average Bonchev–Trinajstić information content (AvgIpc) is 2.43. The monoisotopic (exact) mass is 294 g/mol. The highest BCUT2D eigenvalue weighted by atomic mass is 35.5. The first-order valence-electron chi connectivity index (χ1n) is 6.28. The van der Waals surface area contributed by atoms with Crippen molar-refractivity contribution in [3.05, 3.63) is 63.9 Å². The van der Waals surface area contributed by atoms with E-state index < -0.39 is 0 Å². The number of pyridine rings is 1. The first kappa shape index (κ1) is 14.3. The zero-order chi connectivity index (χ0) is 13.7. The van der Waals surface area contributed by atoms with Crippen molar-refractivity contribution in [3.8, 4) is 0 Å².